The number of halogens is 4. The Morgan fingerprint density at radius 2 is 1.79 bits per heavy atom. The van der Waals surface area contributed by atoms with Crippen LogP contribution in [0.25, 0.3) is 0 Å². The van der Waals surface area contributed by atoms with E-state index < -0.39 is 12.0 Å². The lowest BCUT2D eigenvalue weighted by molar-refractivity contribution is -0.144. The zero-order valence-electron chi connectivity index (χ0n) is 9.58. The summed E-state index contributed by atoms with van der Waals surface area (Å²) in [7, 11) is 0. The Bertz CT molecular complexity index is 558. The highest BCUT2D eigenvalue weighted by molar-refractivity contribution is 6.29. The molecule has 0 atom stereocenters. The van der Waals surface area contributed by atoms with E-state index in [4.69, 9.17) is 11.6 Å². The quantitative estimate of drug-likeness (QED) is 0.874. The van der Waals surface area contributed by atoms with E-state index in [1.165, 1.54) is 6.07 Å². The van der Waals surface area contributed by atoms with Crippen LogP contribution in [0, 0.1) is 0 Å². The van der Waals surface area contributed by atoms with E-state index in [-0.39, 0.29) is 11.0 Å². The Morgan fingerprint density at radius 3 is 2.42 bits per heavy atom. The van der Waals surface area contributed by atoms with Gasteiger partial charge in [-0.25, -0.2) is 9.97 Å². The lowest BCUT2D eigenvalue weighted by atomic mass is 10.2. The molecule has 1 N–H and O–H groups in total. The van der Waals surface area contributed by atoms with Gasteiger partial charge in [-0.2, -0.15) is 13.2 Å². The molecule has 19 heavy (non-hydrogen) atoms. The van der Waals surface area contributed by atoms with Crippen molar-refractivity contribution < 1.29 is 13.2 Å². The fraction of sp³-hybridized carbons (Fsp3) is 0.167. The molecule has 0 bridgehead atoms. The summed E-state index contributed by atoms with van der Waals surface area (Å²) in [6, 6.07) is 10.5. The number of aromatic nitrogens is 2. The molecular weight excluding hydrogens is 279 g/mol. The van der Waals surface area contributed by atoms with Crippen molar-refractivity contribution in [3.63, 3.8) is 0 Å². The van der Waals surface area contributed by atoms with Gasteiger partial charge in [-0.1, -0.05) is 41.9 Å². The summed E-state index contributed by atoms with van der Waals surface area (Å²) in [6.45, 7) is 0.353. The number of anilines is 1. The molecule has 0 unspecified atom stereocenters. The van der Waals surface area contributed by atoms with Crippen LogP contribution in [0.1, 0.15) is 11.4 Å². The van der Waals surface area contributed by atoms with Crippen molar-refractivity contribution in [2.24, 2.45) is 0 Å². The molecule has 0 radical (unpaired) electrons. The summed E-state index contributed by atoms with van der Waals surface area (Å²) < 4.78 is 37.5. The van der Waals surface area contributed by atoms with E-state index in [0.29, 0.717) is 6.54 Å². The minimum Gasteiger partial charge on any atom is -0.366 e. The summed E-state index contributed by atoms with van der Waals surface area (Å²) >= 11 is 5.55. The Balaban J connectivity index is 2.15. The summed E-state index contributed by atoms with van der Waals surface area (Å²) in [6.07, 6.45) is -4.62. The molecule has 7 heteroatoms. The van der Waals surface area contributed by atoms with Crippen molar-refractivity contribution in [2.75, 3.05) is 5.32 Å². The SMILES string of the molecule is FC(F)(F)c1nc(Cl)cc(NCc2ccccc2)n1. The molecule has 0 aliphatic carbocycles. The van der Waals surface area contributed by atoms with Gasteiger partial charge in [0.1, 0.15) is 11.0 Å². The summed E-state index contributed by atoms with van der Waals surface area (Å²) in [4.78, 5) is 6.54. The van der Waals surface area contributed by atoms with Crippen molar-refractivity contribution in [3.8, 4) is 0 Å². The fourth-order valence-electron chi connectivity index (χ4n) is 1.42. The van der Waals surface area contributed by atoms with E-state index in [1.54, 1.807) is 0 Å². The van der Waals surface area contributed by atoms with E-state index in [0.717, 1.165) is 5.56 Å². The van der Waals surface area contributed by atoms with Crippen LogP contribution in [0.15, 0.2) is 36.4 Å². The van der Waals surface area contributed by atoms with Crippen LogP contribution in [0.4, 0.5) is 19.0 Å². The lowest BCUT2D eigenvalue weighted by Gasteiger charge is -2.09. The van der Waals surface area contributed by atoms with Gasteiger partial charge < -0.3 is 5.32 Å². The third-order valence-corrected chi connectivity index (χ3v) is 2.46. The maximum absolute atomic E-state index is 12.5. The van der Waals surface area contributed by atoms with Crippen LogP contribution >= 0.6 is 11.6 Å². The van der Waals surface area contributed by atoms with Crippen molar-refractivity contribution >= 4 is 17.4 Å². The molecule has 1 aromatic heterocycles. The smallest absolute Gasteiger partial charge is 0.366 e. The molecule has 3 nitrogen and oxygen atoms in total. The first-order valence-corrected chi connectivity index (χ1v) is 5.72. The fourth-order valence-corrected chi connectivity index (χ4v) is 1.61. The van der Waals surface area contributed by atoms with Crippen molar-refractivity contribution in [2.45, 2.75) is 12.7 Å². The predicted octanol–water partition coefficient (Wildman–Crippen LogP) is 3.76. The zero-order valence-corrected chi connectivity index (χ0v) is 10.3. The van der Waals surface area contributed by atoms with E-state index in [2.05, 4.69) is 15.3 Å². The maximum atomic E-state index is 12.5. The maximum Gasteiger partial charge on any atom is 0.451 e. The number of rotatable bonds is 3. The molecule has 1 heterocycles. The topological polar surface area (TPSA) is 37.8 Å². The Labute approximate surface area is 112 Å². The molecule has 2 aromatic rings. The number of nitrogens with one attached hydrogen (secondary N) is 1. The summed E-state index contributed by atoms with van der Waals surface area (Å²) in [5.74, 6) is -1.22. The molecule has 0 spiro atoms. The standard InChI is InChI=1S/C12H9ClF3N3/c13-9-6-10(19-11(18-9)12(14,15)16)17-7-8-4-2-1-3-5-8/h1-6H,7H2,(H,17,18,19). The largest absolute Gasteiger partial charge is 0.451 e. The van der Waals surface area contributed by atoms with Crippen molar-refractivity contribution in [1.82, 2.24) is 9.97 Å². The summed E-state index contributed by atoms with van der Waals surface area (Å²) in [5, 5.41) is 2.53. The number of hydrogen-bond acceptors (Lipinski definition) is 3. The molecule has 2 rings (SSSR count). The molecule has 0 aliphatic rings. The Hall–Kier alpha value is -1.82. The van der Waals surface area contributed by atoms with Gasteiger partial charge in [0.25, 0.3) is 0 Å². The highest BCUT2D eigenvalue weighted by Gasteiger charge is 2.35. The van der Waals surface area contributed by atoms with Crippen LogP contribution in [0.5, 0.6) is 0 Å². The monoisotopic (exact) mass is 287 g/mol. The second-order valence-corrected chi connectivity index (χ2v) is 4.12. The molecule has 100 valence electrons. The van der Waals surface area contributed by atoms with Crippen molar-refractivity contribution in [3.05, 3.63) is 52.9 Å². The first-order valence-electron chi connectivity index (χ1n) is 5.35. The van der Waals surface area contributed by atoms with Gasteiger partial charge in [0, 0.05) is 12.6 Å². The molecule has 1 aromatic carbocycles. The van der Waals surface area contributed by atoms with Gasteiger partial charge in [0.05, 0.1) is 0 Å². The normalized spacial score (nSPS) is 11.4. The second kappa shape index (κ2) is 5.44. The Morgan fingerprint density at radius 1 is 1.11 bits per heavy atom. The third-order valence-electron chi connectivity index (χ3n) is 2.26. The number of hydrogen-bond donors (Lipinski definition) is 1. The lowest BCUT2D eigenvalue weighted by Crippen LogP contribution is -2.13. The molecular formula is C12H9ClF3N3. The van der Waals surface area contributed by atoms with Crippen LogP contribution in [0.3, 0.4) is 0 Å². The second-order valence-electron chi connectivity index (χ2n) is 3.74. The third kappa shape index (κ3) is 3.82. The van der Waals surface area contributed by atoms with Crippen LogP contribution < -0.4 is 5.32 Å². The van der Waals surface area contributed by atoms with E-state index in [1.807, 2.05) is 30.3 Å². The van der Waals surface area contributed by atoms with Crippen LogP contribution in [-0.4, -0.2) is 9.97 Å². The molecule has 0 amide bonds. The van der Waals surface area contributed by atoms with Gasteiger partial charge in [0.15, 0.2) is 0 Å². The van der Waals surface area contributed by atoms with Gasteiger partial charge in [-0.15, -0.1) is 0 Å². The van der Waals surface area contributed by atoms with Gasteiger partial charge >= 0.3 is 6.18 Å². The number of benzene rings is 1. The van der Waals surface area contributed by atoms with E-state index >= 15 is 0 Å². The highest BCUT2D eigenvalue weighted by atomic mass is 35.5. The number of alkyl halides is 3. The molecule has 0 saturated heterocycles. The van der Waals surface area contributed by atoms with Crippen LogP contribution in [0.2, 0.25) is 5.15 Å². The van der Waals surface area contributed by atoms with Gasteiger partial charge in [-0.05, 0) is 5.56 Å². The predicted molar refractivity (Wildman–Crippen MR) is 65.8 cm³/mol. The van der Waals surface area contributed by atoms with Crippen molar-refractivity contribution in [1.29, 1.82) is 0 Å². The first-order chi connectivity index (χ1) is 8.95. The average Bonchev–Trinajstić information content (AvgIpc) is 2.36. The Kier molecular flexibility index (Phi) is 3.90. The van der Waals surface area contributed by atoms with Crippen LogP contribution in [-0.2, 0) is 12.7 Å². The first kappa shape index (κ1) is 13.6. The summed E-state index contributed by atoms with van der Waals surface area (Å²) in [5.41, 5.74) is 0.922. The van der Waals surface area contributed by atoms with Gasteiger partial charge in [0.2, 0.25) is 5.82 Å². The molecule has 0 aliphatic heterocycles. The number of nitrogens with zero attached hydrogens (tertiary/aromatic N) is 2. The highest BCUT2D eigenvalue weighted by Crippen LogP contribution is 2.28. The minimum atomic E-state index is -4.62. The minimum absolute atomic E-state index is 0.0381. The molecule has 0 fully saturated rings. The van der Waals surface area contributed by atoms with E-state index in [9.17, 15) is 13.2 Å². The van der Waals surface area contributed by atoms with Gasteiger partial charge in [-0.3, -0.25) is 0 Å². The zero-order chi connectivity index (χ0) is 13.9. The molecule has 0 saturated carbocycles. The average molecular weight is 288 g/mol.